The van der Waals surface area contributed by atoms with Gasteiger partial charge >= 0.3 is 6.09 Å². The highest BCUT2D eigenvalue weighted by Crippen LogP contribution is 2.08. The molecule has 0 aromatic heterocycles. The van der Waals surface area contributed by atoms with E-state index in [9.17, 15) is 14.4 Å². The van der Waals surface area contributed by atoms with Gasteiger partial charge in [-0.25, -0.2) is 4.79 Å². The molecule has 1 aromatic rings. The Kier molecular flexibility index (Phi) is 6.60. The first-order valence-electron chi connectivity index (χ1n) is 8.81. The molecule has 7 nitrogen and oxygen atoms in total. The number of alkyl carbamates (subject to hydrolysis) is 1. The SMILES string of the molecule is CC(C)(C)OC(=O)NCC(=O)N1CCN(C(=O)Cc2ccccc2)CC1. The summed E-state index contributed by atoms with van der Waals surface area (Å²) in [7, 11) is 0. The third kappa shape index (κ3) is 6.38. The number of hydrogen-bond donors (Lipinski definition) is 1. The van der Waals surface area contributed by atoms with Gasteiger partial charge in [-0.2, -0.15) is 0 Å². The number of nitrogens with one attached hydrogen (secondary N) is 1. The summed E-state index contributed by atoms with van der Waals surface area (Å²) in [5.74, 6) is -0.110. The molecule has 1 aliphatic rings. The molecule has 0 atom stereocenters. The number of amides is 3. The van der Waals surface area contributed by atoms with Crippen molar-refractivity contribution in [3.05, 3.63) is 35.9 Å². The van der Waals surface area contributed by atoms with Gasteiger partial charge in [-0.1, -0.05) is 30.3 Å². The summed E-state index contributed by atoms with van der Waals surface area (Å²) in [5.41, 5.74) is 0.385. The molecule has 1 fully saturated rings. The van der Waals surface area contributed by atoms with Crippen molar-refractivity contribution in [1.29, 1.82) is 0 Å². The van der Waals surface area contributed by atoms with Crippen LogP contribution in [0.25, 0.3) is 0 Å². The van der Waals surface area contributed by atoms with Gasteiger partial charge in [-0.05, 0) is 26.3 Å². The monoisotopic (exact) mass is 361 g/mol. The van der Waals surface area contributed by atoms with Crippen LogP contribution in [0.2, 0.25) is 0 Å². The van der Waals surface area contributed by atoms with Gasteiger partial charge in [-0.15, -0.1) is 0 Å². The number of hydrogen-bond acceptors (Lipinski definition) is 4. The summed E-state index contributed by atoms with van der Waals surface area (Å²) < 4.78 is 5.11. The highest BCUT2D eigenvalue weighted by atomic mass is 16.6. The van der Waals surface area contributed by atoms with E-state index in [0.29, 0.717) is 32.6 Å². The fourth-order valence-electron chi connectivity index (χ4n) is 2.66. The summed E-state index contributed by atoms with van der Waals surface area (Å²) in [6.45, 7) is 7.13. The van der Waals surface area contributed by atoms with Gasteiger partial charge in [0.25, 0.3) is 0 Å². The summed E-state index contributed by atoms with van der Waals surface area (Å²) in [6, 6.07) is 9.61. The summed E-state index contributed by atoms with van der Waals surface area (Å²) in [5, 5.41) is 2.47. The molecular formula is C19H27N3O4. The van der Waals surface area contributed by atoms with Crippen molar-refractivity contribution < 1.29 is 19.1 Å². The molecule has 0 aliphatic carbocycles. The molecule has 142 valence electrons. The second-order valence-corrected chi connectivity index (χ2v) is 7.28. The van der Waals surface area contributed by atoms with Crippen LogP contribution in [0, 0.1) is 0 Å². The maximum atomic E-state index is 12.3. The summed E-state index contributed by atoms with van der Waals surface area (Å²) in [4.78, 5) is 39.6. The molecule has 1 N–H and O–H groups in total. The second-order valence-electron chi connectivity index (χ2n) is 7.28. The van der Waals surface area contributed by atoms with Crippen LogP contribution in [0.5, 0.6) is 0 Å². The largest absolute Gasteiger partial charge is 0.444 e. The topological polar surface area (TPSA) is 79.0 Å². The van der Waals surface area contributed by atoms with Crippen molar-refractivity contribution >= 4 is 17.9 Å². The Morgan fingerprint density at radius 2 is 1.50 bits per heavy atom. The number of ether oxygens (including phenoxy) is 1. The van der Waals surface area contributed by atoms with E-state index < -0.39 is 11.7 Å². The van der Waals surface area contributed by atoms with Gasteiger partial charge in [0.1, 0.15) is 12.1 Å². The first kappa shape index (κ1) is 19.8. The Balaban J connectivity index is 1.72. The predicted octanol–water partition coefficient (Wildman–Crippen LogP) is 1.42. The highest BCUT2D eigenvalue weighted by molar-refractivity contribution is 5.83. The fraction of sp³-hybridized carbons (Fsp3) is 0.526. The molecule has 7 heteroatoms. The molecule has 2 rings (SSSR count). The number of carbonyl (C=O) groups excluding carboxylic acids is 3. The predicted molar refractivity (Wildman–Crippen MR) is 97.5 cm³/mol. The Bertz CT molecular complexity index is 632. The molecule has 0 bridgehead atoms. The van der Waals surface area contributed by atoms with Crippen LogP contribution in [0.15, 0.2) is 30.3 Å². The first-order chi connectivity index (χ1) is 12.2. The van der Waals surface area contributed by atoms with Gasteiger partial charge < -0.3 is 19.9 Å². The minimum atomic E-state index is -0.609. The van der Waals surface area contributed by atoms with E-state index in [2.05, 4.69) is 5.32 Å². The highest BCUT2D eigenvalue weighted by Gasteiger charge is 2.25. The Morgan fingerprint density at radius 1 is 0.962 bits per heavy atom. The number of rotatable bonds is 4. The van der Waals surface area contributed by atoms with Gasteiger partial charge in [-0.3, -0.25) is 9.59 Å². The quantitative estimate of drug-likeness (QED) is 0.880. The minimum absolute atomic E-state index is 0.0650. The van der Waals surface area contributed by atoms with Crippen LogP contribution >= 0.6 is 0 Å². The van der Waals surface area contributed by atoms with Crippen molar-refractivity contribution in [2.24, 2.45) is 0 Å². The molecule has 0 unspecified atom stereocenters. The molecule has 1 aliphatic heterocycles. The molecule has 0 radical (unpaired) electrons. The van der Waals surface area contributed by atoms with Crippen LogP contribution in [-0.2, 0) is 20.7 Å². The summed E-state index contributed by atoms with van der Waals surface area (Å²) in [6.07, 6.45) is -0.239. The van der Waals surface area contributed by atoms with Crippen molar-refractivity contribution in [2.75, 3.05) is 32.7 Å². The number of piperazine rings is 1. The zero-order valence-corrected chi connectivity index (χ0v) is 15.7. The van der Waals surface area contributed by atoms with E-state index in [1.807, 2.05) is 30.3 Å². The number of benzene rings is 1. The van der Waals surface area contributed by atoms with E-state index in [-0.39, 0.29) is 18.4 Å². The molecule has 0 spiro atoms. The van der Waals surface area contributed by atoms with E-state index in [1.54, 1.807) is 30.6 Å². The molecule has 26 heavy (non-hydrogen) atoms. The van der Waals surface area contributed by atoms with Crippen LogP contribution in [0.3, 0.4) is 0 Å². The van der Waals surface area contributed by atoms with Gasteiger partial charge in [0.15, 0.2) is 0 Å². The van der Waals surface area contributed by atoms with Gasteiger partial charge in [0.2, 0.25) is 11.8 Å². The number of carbonyl (C=O) groups is 3. The lowest BCUT2D eigenvalue weighted by Gasteiger charge is -2.35. The molecule has 1 saturated heterocycles. The molecule has 1 heterocycles. The maximum Gasteiger partial charge on any atom is 0.408 e. The average Bonchev–Trinajstić information content (AvgIpc) is 2.59. The lowest BCUT2D eigenvalue weighted by molar-refractivity contribution is -0.138. The standard InChI is InChI=1S/C19H27N3O4/c1-19(2,3)26-18(25)20-14-17(24)22-11-9-21(10-12-22)16(23)13-15-7-5-4-6-8-15/h4-8H,9-14H2,1-3H3,(H,20,25). The van der Waals surface area contributed by atoms with E-state index in [4.69, 9.17) is 4.74 Å². The Morgan fingerprint density at radius 3 is 2.04 bits per heavy atom. The zero-order valence-electron chi connectivity index (χ0n) is 15.7. The van der Waals surface area contributed by atoms with Crippen LogP contribution in [-0.4, -0.2) is 66.0 Å². The van der Waals surface area contributed by atoms with Crippen molar-refractivity contribution in [1.82, 2.24) is 15.1 Å². The van der Waals surface area contributed by atoms with Crippen molar-refractivity contribution in [3.8, 4) is 0 Å². The fourth-order valence-corrected chi connectivity index (χ4v) is 2.66. The lowest BCUT2D eigenvalue weighted by Crippen LogP contribution is -2.53. The zero-order chi connectivity index (χ0) is 19.2. The Hall–Kier alpha value is -2.57. The molecule has 0 saturated carbocycles. The first-order valence-corrected chi connectivity index (χ1v) is 8.81. The van der Waals surface area contributed by atoms with Crippen molar-refractivity contribution in [2.45, 2.75) is 32.8 Å². The van der Waals surface area contributed by atoms with E-state index >= 15 is 0 Å². The number of nitrogens with zero attached hydrogens (tertiary/aromatic N) is 2. The molecular weight excluding hydrogens is 334 g/mol. The van der Waals surface area contributed by atoms with Crippen LogP contribution < -0.4 is 5.32 Å². The lowest BCUT2D eigenvalue weighted by atomic mass is 10.1. The minimum Gasteiger partial charge on any atom is -0.444 e. The average molecular weight is 361 g/mol. The second kappa shape index (κ2) is 8.69. The third-order valence-electron chi connectivity index (χ3n) is 3.97. The van der Waals surface area contributed by atoms with E-state index in [1.165, 1.54) is 0 Å². The smallest absolute Gasteiger partial charge is 0.408 e. The van der Waals surface area contributed by atoms with E-state index in [0.717, 1.165) is 5.56 Å². The molecule has 1 aromatic carbocycles. The Labute approximate surface area is 154 Å². The van der Waals surface area contributed by atoms with Crippen molar-refractivity contribution in [3.63, 3.8) is 0 Å². The van der Waals surface area contributed by atoms with Gasteiger partial charge in [0, 0.05) is 26.2 Å². The summed E-state index contributed by atoms with van der Waals surface area (Å²) >= 11 is 0. The molecule has 3 amide bonds. The van der Waals surface area contributed by atoms with Crippen LogP contribution in [0.4, 0.5) is 4.79 Å². The maximum absolute atomic E-state index is 12.3. The van der Waals surface area contributed by atoms with Gasteiger partial charge in [0.05, 0.1) is 6.42 Å². The normalized spacial score (nSPS) is 14.7. The third-order valence-corrected chi connectivity index (χ3v) is 3.97. The van der Waals surface area contributed by atoms with Crippen LogP contribution in [0.1, 0.15) is 26.3 Å².